The fourth-order valence-electron chi connectivity index (χ4n) is 2.83. The SMILES string of the molecule is CC(Nc1[c]ccc(N2CCN(C)CC2)c1)C1CNC1. The number of rotatable bonds is 4. The zero-order chi connectivity index (χ0) is 13.9. The van der Waals surface area contributed by atoms with E-state index in [1.54, 1.807) is 0 Å². The summed E-state index contributed by atoms with van der Waals surface area (Å²) in [6, 6.07) is 10.3. The highest BCUT2D eigenvalue weighted by molar-refractivity contribution is 5.58. The van der Waals surface area contributed by atoms with E-state index in [4.69, 9.17) is 0 Å². The molecule has 0 amide bonds. The Morgan fingerprint density at radius 1 is 1.30 bits per heavy atom. The Kier molecular flexibility index (Phi) is 4.13. The van der Waals surface area contributed by atoms with Crippen LogP contribution in [-0.2, 0) is 0 Å². The lowest BCUT2D eigenvalue weighted by molar-refractivity contribution is 0.312. The van der Waals surface area contributed by atoms with Crippen LogP contribution < -0.4 is 15.5 Å². The molecule has 1 aromatic carbocycles. The molecule has 2 saturated heterocycles. The predicted octanol–water partition coefficient (Wildman–Crippen LogP) is 1.26. The van der Waals surface area contributed by atoms with Gasteiger partial charge in [0.15, 0.2) is 0 Å². The van der Waals surface area contributed by atoms with E-state index in [2.05, 4.69) is 52.6 Å². The molecule has 2 fully saturated rings. The molecule has 1 radical (unpaired) electrons. The number of hydrogen-bond donors (Lipinski definition) is 2. The molecular formula is C16H25N4. The summed E-state index contributed by atoms with van der Waals surface area (Å²) in [7, 11) is 2.19. The van der Waals surface area contributed by atoms with Gasteiger partial charge in [0.1, 0.15) is 0 Å². The number of nitrogens with one attached hydrogen (secondary N) is 2. The molecule has 1 aromatic rings. The third-order valence-electron chi connectivity index (χ3n) is 4.56. The summed E-state index contributed by atoms with van der Waals surface area (Å²) in [6.45, 7) is 9.04. The zero-order valence-corrected chi connectivity index (χ0v) is 12.5. The highest BCUT2D eigenvalue weighted by Crippen LogP contribution is 2.22. The van der Waals surface area contributed by atoms with Gasteiger partial charge in [0.2, 0.25) is 0 Å². The minimum atomic E-state index is 0.509. The van der Waals surface area contributed by atoms with E-state index in [1.165, 1.54) is 5.69 Å². The van der Waals surface area contributed by atoms with Crippen LogP contribution in [0.5, 0.6) is 0 Å². The van der Waals surface area contributed by atoms with Crippen molar-refractivity contribution in [3.8, 4) is 0 Å². The first kappa shape index (κ1) is 13.7. The Morgan fingerprint density at radius 2 is 2.05 bits per heavy atom. The fourth-order valence-corrected chi connectivity index (χ4v) is 2.83. The number of benzene rings is 1. The van der Waals surface area contributed by atoms with Gasteiger partial charge in [0.05, 0.1) is 0 Å². The van der Waals surface area contributed by atoms with Crippen LogP contribution in [0.4, 0.5) is 11.4 Å². The van der Waals surface area contributed by atoms with Crippen molar-refractivity contribution in [2.45, 2.75) is 13.0 Å². The van der Waals surface area contributed by atoms with Crippen molar-refractivity contribution in [3.05, 3.63) is 24.3 Å². The molecule has 4 nitrogen and oxygen atoms in total. The third kappa shape index (κ3) is 3.07. The molecule has 0 aliphatic carbocycles. The lowest BCUT2D eigenvalue weighted by Gasteiger charge is -2.35. The van der Waals surface area contributed by atoms with E-state index in [9.17, 15) is 0 Å². The first-order valence-corrected chi connectivity index (χ1v) is 7.65. The van der Waals surface area contributed by atoms with Crippen LogP contribution in [0.1, 0.15) is 6.92 Å². The molecule has 0 bridgehead atoms. The van der Waals surface area contributed by atoms with Gasteiger partial charge in [-0.15, -0.1) is 0 Å². The smallest absolute Gasteiger partial charge is 0.0443 e. The molecule has 20 heavy (non-hydrogen) atoms. The van der Waals surface area contributed by atoms with Gasteiger partial charge in [-0.2, -0.15) is 0 Å². The molecule has 2 aliphatic rings. The average Bonchev–Trinajstić information content (AvgIpc) is 2.37. The Morgan fingerprint density at radius 3 is 2.70 bits per heavy atom. The van der Waals surface area contributed by atoms with Crippen LogP contribution in [0, 0.1) is 12.0 Å². The minimum absolute atomic E-state index is 0.509. The van der Waals surface area contributed by atoms with E-state index in [0.29, 0.717) is 6.04 Å². The van der Waals surface area contributed by atoms with Crippen LogP contribution in [0.25, 0.3) is 0 Å². The van der Waals surface area contributed by atoms with Gasteiger partial charge in [-0.1, -0.05) is 6.07 Å². The van der Waals surface area contributed by atoms with E-state index in [0.717, 1.165) is 50.9 Å². The predicted molar refractivity (Wildman–Crippen MR) is 84.4 cm³/mol. The lowest BCUT2D eigenvalue weighted by atomic mass is 9.95. The van der Waals surface area contributed by atoms with Crippen LogP contribution >= 0.6 is 0 Å². The van der Waals surface area contributed by atoms with Crippen molar-refractivity contribution in [3.63, 3.8) is 0 Å². The number of likely N-dealkylation sites (N-methyl/N-ethyl adjacent to an activating group) is 1. The second-order valence-electron chi connectivity index (χ2n) is 6.10. The number of hydrogen-bond acceptors (Lipinski definition) is 4. The molecule has 1 atom stereocenters. The summed E-state index contributed by atoms with van der Waals surface area (Å²) in [5.74, 6) is 0.746. The van der Waals surface area contributed by atoms with Crippen molar-refractivity contribution < 1.29 is 0 Å². The maximum Gasteiger partial charge on any atom is 0.0443 e. The maximum atomic E-state index is 3.60. The van der Waals surface area contributed by atoms with Crippen molar-refractivity contribution in [1.82, 2.24) is 10.2 Å². The normalized spacial score (nSPS) is 22.4. The van der Waals surface area contributed by atoms with Crippen molar-refractivity contribution in [2.75, 3.05) is 56.5 Å². The second kappa shape index (κ2) is 6.02. The van der Waals surface area contributed by atoms with Gasteiger partial charge in [-0.3, -0.25) is 0 Å². The molecular weight excluding hydrogens is 248 g/mol. The summed E-state index contributed by atoms with van der Waals surface area (Å²) < 4.78 is 0. The molecule has 2 aliphatic heterocycles. The molecule has 4 heteroatoms. The Balaban J connectivity index is 1.63. The second-order valence-corrected chi connectivity index (χ2v) is 6.10. The van der Waals surface area contributed by atoms with Crippen LogP contribution in [0.2, 0.25) is 0 Å². The fraction of sp³-hybridized carbons (Fsp3) is 0.625. The summed E-state index contributed by atoms with van der Waals surface area (Å²) in [4.78, 5) is 4.85. The summed E-state index contributed by atoms with van der Waals surface area (Å²) in [6.07, 6.45) is 0. The molecule has 0 saturated carbocycles. The third-order valence-corrected chi connectivity index (χ3v) is 4.56. The van der Waals surface area contributed by atoms with Gasteiger partial charge in [-0.05, 0) is 26.1 Å². The van der Waals surface area contributed by atoms with Gasteiger partial charge in [-0.25, -0.2) is 0 Å². The topological polar surface area (TPSA) is 30.5 Å². The van der Waals surface area contributed by atoms with Gasteiger partial charge < -0.3 is 20.4 Å². The van der Waals surface area contributed by atoms with Gasteiger partial charge >= 0.3 is 0 Å². The monoisotopic (exact) mass is 273 g/mol. The Labute approximate surface area is 122 Å². The molecule has 3 rings (SSSR count). The summed E-state index contributed by atoms with van der Waals surface area (Å²) in [5, 5.41) is 6.93. The molecule has 2 heterocycles. The lowest BCUT2D eigenvalue weighted by Crippen LogP contribution is -2.49. The van der Waals surface area contributed by atoms with E-state index in [-0.39, 0.29) is 0 Å². The molecule has 1 unspecified atom stereocenters. The zero-order valence-electron chi connectivity index (χ0n) is 12.5. The Bertz CT molecular complexity index is 436. The Hall–Kier alpha value is -1.26. The number of nitrogens with zero attached hydrogens (tertiary/aromatic N) is 2. The van der Waals surface area contributed by atoms with E-state index < -0.39 is 0 Å². The van der Waals surface area contributed by atoms with Gasteiger partial charge in [0, 0.05) is 68.7 Å². The minimum Gasteiger partial charge on any atom is -0.382 e. The van der Waals surface area contributed by atoms with E-state index in [1.807, 2.05) is 6.07 Å². The van der Waals surface area contributed by atoms with E-state index >= 15 is 0 Å². The standard InChI is InChI=1S/C16H25N4/c1-13(14-11-17-12-14)18-15-4-3-5-16(10-15)20-8-6-19(2)7-9-20/h3,5,10,13-14,17-18H,6-9,11-12H2,1-2H3. The quantitative estimate of drug-likeness (QED) is 0.864. The van der Waals surface area contributed by atoms with Gasteiger partial charge in [0.25, 0.3) is 0 Å². The first-order valence-electron chi connectivity index (χ1n) is 7.65. The highest BCUT2D eigenvalue weighted by Gasteiger charge is 2.23. The first-order chi connectivity index (χ1) is 9.72. The van der Waals surface area contributed by atoms with Crippen LogP contribution in [0.3, 0.4) is 0 Å². The molecule has 0 spiro atoms. The molecule has 2 N–H and O–H groups in total. The summed E-state index contributed by atoms with van der Waals surface area (Å²) in [5.41, 5.74) is 2.44. The molecule has 109 valence electrons. The number of anilines is 2. The van der Waals surface area contributed by atoms with Crippen LogP contribution in [0.15, 0.2) is 18.2 Å². The average molecular weight is 273 g/mol. The summed E-state index contributed by atoms with van der Waals surface area (Å²) >= 11 is 0. The maximum absolute atomic E-state index is 3.60. The van der Waals surface area contributed by atoms with Crippen LogP contribution in [-0.4, -0.2) is 57.3 Å². The van der Waals surface area contributed by atoms with Crippen molar-refractivity contribution >= 4 is 11.4 Å². The number of piperazine rings is 1. The largest absolute Gasteiger partial charge is 0.382 e. The highest BCUT2D eigenvalue weighted by atomic mass is 15.2. The molecule has 0 aromatic heterocycles. The van der Waals surface area contributed by atoms with Crippen molar-refractivity contribution in [1.29, 1.82) is 0 Å². The van der Waals surface area contributed by atoms with Crippen molar-refractivity contribution in [2.24, 2.45) is 5.92 Å².